The first-order valence-corrected chi connectivity index (χ1v) is 2.73. The molecule has 3 heteroatoms. The maximum atomic E-state index is 11.5. The highest BCUT2D eigenvalue weighted by molar-refractivity contribution is 14.1. The minimum atomic E-state index is -1.000. The molecule has 0 aliphatic heterocycles. The first-order valence-electron chi connectivity index (χ1n) is 1.49. The van der Waals surface area contributed by atoms with Crippen LogP contribution < -0.4 is 0 Å². The van der Waals surface area contributed by atoms with E-state index in [2.05, 4.69) is 0 Å². The molecule has 0 rings (SSSR count). The largest absolute Gasteiger partial charge is 0.303 e. The summed E-state index contributed by atoms with van der Waals surface area (Å²) in [5.41, 5.74) is 0. The quantitative estimate of drug-likeness (QED) is 0.374. The molecular formula is C3H4FIO. The van der Waals surface area contributed by atoms with E-state index in [1.54, 1.807) is 22.6 Å². The molecule has 0 radical (unpaired) electrons. The summed E-state index contributed by atoms with van der Waals surface area (Å²) in [7, 11) is 0. The summed E-state index contributed by atoms with van der Waals surface area (Å²) in [5, 5.41) is 0. The van der Waals surface area contributed by atoms with Gasteiger partial charge in [0.25, 0.3) is 0 Å². The number of carbonyl (C=O) groups is 1. The van der Waals surface area contributed by atoms with Crippen LogP contribution in [0.1, 0.15) is 6.42 Å². The number of hydrogen-bond acceptors (Lipinski definition) is 1. The second-order valence-corrected chi connectivity index (χ2v) is 2.15. The van der Waals surface area contributed by atoms with Gasteiger partial charge in [0.1, 0.15) is 6.29 Å². The van der Waals surface area contributed by atoms with Gasteiger partial charge in [0.15, 0.2) is 4.18 Å². The zero-order chi connectivity index (χ0) is 4.99. The molecule has 36 valence electrons. The predicted octanol–water partition coefficient (Wildman–Crippen LogP) is 1.31. The molecule has 0 saturated carbocycles. The van der Waals surface area contributed by atoms with E-state index < -0.39 is 4.18 Å². The summed E-state index contributed by atoms with van der Waals surface area (Å²) < 4.78 is 10.5. The van der Waals surface area contributed by atoms with Crippen molar-refractivity contribution in [3.8, 4) is 0 Å². The van der Waals surface area contributed by atoms with Crippen molar-refractivity contribution in [3.63, 3.8) is 0 Å². The third-order valence-electron chi connectivity index (χ3n) is 0.274. The second kappa shape index (κ2) is 3.52. The number of aldehydes is 1. The number of rotatable bonds is 2. The van der Waals surface area contributed by atoms with Crippen molar-refractivity contribution in [3.05, 3.63) is 0 Å². The van der Waals surface area contributed by atoms with Crippen LogP contribution in [0.4, 0.5) is 4.39 Å². The summed E-state index contributed by atoms with van der Waals surface area (Å²) in [6, 6.07) is 0. The first kappa shape index (κ1) is 6.33. The van der Waals surface area contributed by atoms with Crippen molar-refractivity contribution in [2.24, 2.45) is 0 Å². The Bertz CT molecular complexity index is 46.1. The fraction of sp³-hybridized carbons (Fsp3) is 0.667. The maximum absolute atomic E-state index is 11.5. The molecule has 1 nitrogen and oxygen atoms in total. The van der Waals surface area contributed by atoms with Crippen LogP contribution >= 0.6 is 22.6 Å². The molecule has 0 saturated heterocycles. The number of alkyl halides is 2. The number of carbonyl (C=O) groups excluding carboxylic acids is 1. The Morgan fingerprint density at radius 3 is 2.50 bits per heavy atom. The van der Waals surface area contributed by atoms with Crippen LogP contribution in [0.2, 0.25) is 0 Å². The molecule has 0 amide bonds. The molecule has 0 aromatic carbocycles. The van der Waals surface area contributed by atoms with Crippen molar-refractivity contribution in [2.75, 3.05) is 0 Å². The molecule has 0 aliphatic rings. The molecule has 0 spiro atoms. The Balaban J connectivity index is 2.81. The standard InChI is InChI=1S/C3H4FIO/c4-3(5)1-2-6/h2-3H,1H2. The van der Waals surface area contributed by atoms with Gasteiger partial charge in [-0.05, 0) is 22.6 Å². The molecule has 1 atom stereocenters. The van der Waals surface area contributed by atoms with E-state index >= 15 is 0 Å². The molecule has 0 heterocycles. The fourth-order valence-corrected chi connectivity index (χ4v) is 0.280. The number of hydrogen-bond donors (Lipinski definition) is 0. The van der Waals surface area contributed by atoms with Crippen LogP contribution in [-0.2, 0) is 4.79 Å². The monoisotopic (exact) mass is 202 g/mol. The molecule has 6 heavy (non-hydrogen) atoms. The Hall–Kier alpha value is 0.330. The van der Waals surface area contributed by atoms with Gasteiger partial charge < -0.3 is 4.79 Å². The van der Waals surface area contributed by atoms with Crippen LogP contribution in [0.5, 0.6) is 0 Å². The average Bonchev–Trinajstić information content (AvgIpc) is 1.35. The van der Waals surface area contributed by atoms with Crippen LogP contribution in [0.25, 0.3) is 0 Å². The van der Waals surface area contributed by atoms with Gasteiger partial charge in [-0.2, -0.15) is 0 Å². The third kappa shape index (κ3) is 4.33. The maximum Gasteiger partial charge on any atom is 0.157 e. The minimum absolute atomic E-state index is 0.0144. The number of halogens is 2. The Labute approximate surface area is 49.1 Å². The van der Waals surface area contributed by atoms with Gasteiger partial charge in [-0.3, -0.25) is 0 Å². The molecule has 0 fully saturated rings. The first-order chi connectivity index (χ1) is 2.77. The normalized spacial score (nSPS) is 13.7. The van der Waals surface area contributed by atoms with E-state index in [0.717, 1.165) is 0 Å². The van der Waals surface area contributed by atoms with Gasteiger partial charge in [-0.25, -0.2) is 4.39 Å². The van der Waals surface area contributed by atoms with Crippen molar-refractivity contribution in [1.82, 2.24) is 0 Å². The zero-order valence-corrected chi connectivity index (χ0v) is 5.18. The zero-order valence-electron chi connectivity index (χ0n) is 3.03. The van der Waals surface area contributed by atoms with Gasteiger partial charge in [-0.15, -0.1) is 0 Å². The van der Waals surface area contributed by atoms with Gasteiger partial charge >= 0.3 is 0 Å². The highest BCUT2D eigenvalue weighted by Crippen LogP contribution is 2.02. The third-order valence-corrected chi connectivity index (χ3v) is 0.783. The van der Waals surface area contributed by atoms with Crippen LogP contribution in [-0.4, -0.2) is 10.5 Å². The summed E-state index contributed by atoms with van der Waals surface area (Å²) >= 11 is 1.54. The SMILES string of the molecule is O=CCC(F)I. The van der Waals surface area contributed by atoms with Gasteiger partial charge in [-0.1, -0.05) is 0 Å². The predicted molar refractivity (Wildman–Crippen MR) is 29.6 cm³/mol. The van der Waals surface area contributed by atoms with Crippen molar-refractivity contribution in [1.29, 1.82) is 0 Å². The highest BCUT2D eigenvalue weighted by atomic mass is 127. The lowest BCUT2D eigenvalue weighted by molar-refractivity contribution is -0.108. The lowest BCUT2D eigenvalue weighted by Gasteiger charge is -1.83. The van der Waals surface area contributed by atoms with Crippen molar-refractivity contribution >= 4 is 28.9 Å². The van der Waals surface area contributed by atoms with E-state index in [9.17, 15) is 9.18 Å². The second-order valence-electron chi connectivity index (χ2n) is 0.793. The van der Waals surface area contributed by atoms with Gasteiger partial charge in [0.2, 0.25) is 0 Å². The molecular weight excluding hydrogens is 198 g/mol. The highest BCUT2D eigenvalue weighted by Gasteiger charge is 1.93. The van der Waals surface area contributed by atoms with E-state index in [1.165, 1.54) is 0 Å². The fourth-order valence-electron chi connectivity index (χ4n) is 0.0727. The Kier molecular flexibility index (Phi) is 3.71. The summed E-state index contributed by atoms with van der Waals surface area (Å²) in [4.78, 5) is 9.37. The lowest BCUT2D eigenvalue weighted by atomic mass is 10.5. The lowest BCUT2D eigenvalue weighted by Crippen LogP contribution is -1.84. The van der Waals surface area contributed by atoms with E-state index in [1.807, 2.05) is 0 Å². The molecule has 0 aromatic heterocycles. The van der Waals surface area contributed by atoms with Crippen LogP contribution in [0.15, 0.2) is 0 Å². The summed E-state index contributed by atoms with van der Waals surface area (Å²) in [5.74, 6) is 0. The summed E-state index contributed by atoms with van der Waals surface area (Å²) in [6.45, 7) is 0. The summed E-state index contributed by atoms with van der Waals surface area (Å²) in [6.07, 6.45) is 0.581. The minimum Gasteiger partial charge on any atom is -0.303 e. The molecule has 0 aliphatic carbocycles. The van der Waals surface area contributed by atoms with Crippen molar-refractivity contribution < 1.29 is 9.18 Å². The molecule has 1 unspecified atom stereocenters. The molecule has 0 aromatic rings. The van der Waals surface area contributed by atoms with Crippen LogP contribution in [0.3, 0.4) is 0 Å². The van der Waals surface area contributed by atoms with E-state index in [4.69, 9.17) is 0 Å². The van der Waals surface area contributed by atoms with Crippen LogP contribution in [0, 0.1) is 0 Å². The smallest absolute Gasteiger partial charge is 0.157 e. The van der Waals surface area contributed by atoms with Gasteiger partial charge in [0.05, 0.1) is 0 Å². The van der Waals surface area contributed by atoms with Gasteiger partial charge in [0, 0.05) is 6.42 Å². The Morgan fingerprint density at radius 2 is 2.50 bits per heavy atom. The molecule has 0 bridgehead atoms. The topological polar surface area (TPSA) is 17.1 Å². The molecule has 0 N–H and O–H groups in total. The Morgan fingerprint density at radius 1 is 2.00 bits per heavy atom. The van der Waals surface area contributed by atoms with E-state index in [-0.39, 0.29) is 6.42 Å². The average molecular weight is 202 g/mol. The van der Waals surface area contributed by atoms with Crippen molar-refractivity contribution in [2.45, 2.75) is 10.6 Å². The van der Waals surface area contributed by atoms with E-state index in [0.29, 0.717) is 6.29 Å².